The number of benzene rings is 1. The van der Waals surface area contributed by atoms with Crippen molar-refractivity contribution in [3.05, 3.63) is 23.8 Å². The van der Waals surface area contributed by atoms with E-state index in [0.717, 1.165) is 30.9 Å². The molecule has 4 heteroatoms. The van der Waals surface area contributed by atoms with Gasteiger partial charge < -0.3 is 19.9 Å². The van der Waals surface area contributed by atoms with Crippen molar-refractivity contribution in [1.82, 2.24) is 5.32 Å². The molecular weight excluding hydrogens is 254 g/mol. The largest absolute Gasteiger partial charge is 0.454 e. The van der Waals surface area contributed by atoms with Crippen LogP contribution in [0.15, 0.2) is 18.2 Å². The lowest BCUT2D eigenvalue weighted by Gasteiger charge is -2.27. The molecule has 1 unspecified atom stereocenters. The number of ether oxygens (including phenoxy) is 2. The Labute approximate surface area is 121 Å². The molecule has 0 aromatic heterocycles. The first-order chi connectivity index (χ1) is 9.52. The van der Waals surface area contributed by atoms with Crippen LogP contribution in [0.3, 0.4) is 0 Å². The van der Waals surface area contributed by atoms with E-state index in [1.54, 1.807) is 0 Å². The maximum Gasteiger partial charge on any atom is 0.231 e. The van der Waals surface area contributed by atoms with Crippen molar-refractivity contribution in [3.63, 3.8) is 0 Å². The second-order valence-electron chi connectivity index (χ2n) is 6.21. The molecule has 0 amide bonds. The van der Waals surface area contributed by atoms with Gasteiger partial charge in [0.2, 0.25) is 6.79 Å². The van der Waals surface area contributed by atoms with Crippen LogP contribution in [0.25, 0.3) is 0 Å². The highest BCUT2D eigenvalue weighted by Crippen LogP contribution is 2.34. The summed E-state index contributed by atoms with van der Waals surface area (Å²) >= 11 is 0. The zero-order valence-electron chi connectivity index (χ0n) is 12.6. The van der Waals surface area contributed by atoms with Crippen LogP contribution in [0.5, 0.6) is 11.5 Å². The lowest BCUT2D eigenvalue weighted by atomic mass is 9.87. The fraction of sp³-hybridized carbons (Fsp3) is 0.625. The molecule has 0 bridgehead atoms. The minimum atomic E-state index is 0.188. The number of hydrogen-bond donors (Lipinski definition) is 2. The molecule has 0 aliphatic carbocycles. The van der Waals surface area contributed by atoms with Gasteiger partial charge in [-0.2, -0.15) is 0 Å². The van der Waals surface area contributed by atoms with E-state index in [1.165, 1.54) is 5.56 Å². The molecule has 1 aromatic carbocycles. The highest BCUT2D eigenvalue weighted by molar-refractivity contribution is 5.45. The monoisotopic (exact) mass is 279 g/mol. The summed E-state index contributed by atoms with van der Waals surface area (Å²) in [5.41, 5.74) is 1.39. The summed E-state index contributed by atoms with van der Waals surface area (Å²) in [7, 11) is 0. The van der Waals surface area contributed by atoms with E-state index in [4.69, 9.17) is 14.6 Å². The summed E-state index contributed by atoms with van der Waals surface area (Å²) in [4.78, 5) is 0. The summed E-state index contributed by atoms with van der Waals surface area (Å²) in [5, 5.41) is 12.5. The number of rotatable bonds is 7. The normalized spacial score (nSPS) is 15.4. The van der Waals surface area contributed by atoms with Gasteiger partial charge in [-0.15, -0.1) is 0 Å². The van der Waals surface area contributed by atoms with Gasteiger partial charge in [0.15, 0.2) is 11.5 Å². The van der Waals surface area contributed by atoms with Crippen molar-refractivity contribution in [2.45, 2.75) is 39.7 Å². The van der Waals surface area contributed by atoms with Crippen LogP contribution in [-0.4, -0.2) is 25.1 Å². The Bertz CT molecular complexity index is 445. The number of nitrogens with one attached hydrogen (secondary N) is 1. The smallest absolute Gasteiger partial charge is 0.231 e. The third-order valence-electron chi connectivity index (χ3n) is 3.80. The Morgan fingerprint density at radius 1 is 1.30 bits per heavy atom. The van der Waals surface area contributed by atoms with E-state index in [2.05, 4.69) is 32.2 Å². The van der Waals surface area contributed by atoms with Crippen LogP contribution in [-0.2, 0) is 0 Å². The first kappa shape index (κ1) is 15.1. The Kier molecular flexibility index (Phi) is 4.89. The van der Waals surface area contributed by atoms with Crippen molar-refractivity contribution in [1.29, 1.82) is 0 Å². The van der Waals surface area contributed by atoms with Gasteiger partial charge in [-0.3, -0.25) is 0 Å². The van der Waals surface area contributed by atoms with E-state index < -0.39 is 0 Å². The van der Waals surface area contributed by atoms with Crippen molar-refractivity contribution < 1.29 is 14.6 Å². The Morgan fingerprint density at radius 2 is 2.05 bits per heavy atom. The predicted octanol–water partition coefficient (Wildman–Crippen LogP) is 2.86. The zero-order valence-corrected chi connectivity index (χ0v) is 12.6. The first-order valence-electron chi connectivity index (χ1n) is 7.26. The average Bonchev–Trinajstić information content (AvgIpc) is 2.90. The second kappa shape index (κ2) is 6.46. The molecule has 0 saturated heterocycles. The van der Waals surface area contributed by atoms with E-state index in [1.807, 2.05) is 12.1 Å². The third kappa shape index (κ3) is 3.87. The predicted molar refractivity (Wildman–Crippen MR) is 79.1 cm³/mol. The highest BCUT2D eigenvalue weighted by Gasteiger charge is 2.20. The molecule has 4 nitrogen and oxygen atoms in total. The van der Waals surface area contributed by atoms with Crippen molar-refractivity contribution in [2.24, 2.45) is 5.41 Å². The number of hydrogen-bond acceptors (Lipinski definition) is 4. The van der Waals surface area contributed by atoms with E-state index >= 15 is 0 Å². The maximum absolute atomic E-state index is 8.93. The summed E-state index contributed by atoms with van der Waals surface area (Å²) in [6.45, 7) is 8.10. The number of aliphatic hydroxyl groups excluding tert-OH is 1. The topological polar surface area (TPSA) is 50.7 Å². The molecule has 0 spiro atoms. The van der Waals surface area contributed by atoms with Crippen LogP contribution in [0.4, 0.5) is 0 Å². The van der Waals surface area contributed by atoms with Gasteiger partial charge in [0.1, 0.15) is 0 Å². The molecular formula is C16H25NO3. The lowest BCUT2D eigenvalue weighted by molar-refractivity contribution is 0.174. The molecule has 0 saturated carbocycles. The molecule has 20 heavy (non-hydrogen) atoms. The van der Waals surface area contributed by atoms with Crippen molar-refractivity contribution in [3.8, 4) is 11.5 Å². The SMILES string of the molecule is CC(NCC(C)(C)CCCO)c1ccc2c(c1)OCO2. The van der Waals surface area contributed by atoms with Crippen LogP contribution >= 0.6 is 0 Å². The van der Waals surface area contributed by atoms with Gasteiger partial charge in [-0.05, 0) is 42.9 Å². The molecule has 112 valence electrons. The van der Waals surface area contributed by atoms with Crippen LogP contribution in [0.2, 0.25) is 0 Å². The number of fused-ring (bicyclic) bond motifs is 1. The molecule has 0 fully saturated rings. The van der Waals surface area contributed by atoms with Gasteiger partial charge in [-0.1, -0.05) is 19.9 Å². The standard InChI is InChI=1S/C16H25NO3/c1-12(17-10-16(2,3)7-4-8-18)13-5-6-14-15(9-13)20-11-19-14/h5-6,9,12,17-18H,4,7-8,10-11H2,1-3H3. The van der Waals surface area contributed by atoms with Crippen molar-refractivity contribution in [2.75, 3.05) is 19.9 Å². The van der Waals surface area contributed by atoms with Crippen LogP contribution < -0.4 is 14.8 Å². The molecule has 1 aliphatic heterocycles. The minimum absolute atomic E-state index is 0.188. The molecule has 1 aliphatic rings. The fourth-order valence-corrected chi connectivity index (χ4v) is 2.38. The molecule has 2 N–H and O–H groups in total. The van der Waals surface area contributed by atoms with Gasteiger partial charge in [0.05, 0.1) is 0 Å². The van der Waals surface area contributed by atoms with Crippen LogP contribution in [0, 0.1) is 5.41 Å². The Balaban J connectivity index is 1.90. The van der Waals surface area contributed by atoms with Gasteiger partial charge in [-0.25, -0.2) is 0 Å². The van der Waals surface area contributed by atoms with Gasteiger partial charge >= 0.3 is 0 Å². The Hall–Kier alpha value is -1.26. The highest BCUT2D eigenvalue weighted by atomic mass is 16.7. The van der Waals surface area contributed by atoms with Crippen LogP contribution in [0.1, 0.15) is 45.2 Å². The maximum atomic E-state index is 8.93. The quantitative estimate of drug-likeness (QED) is 0.806. The zero-order chi connectivity index (χ0) is 14.6. The molecule has 1 aromatic rings. The molecule has 1 heterocycles. The summed E-state index contributed by atoms with van der Waals surface area (Å²) < 4.78 is 10.7. The Morgan fingerprint density at radius 3 is 2.80 bits per heavy atom. The van der Waals surface area contributed by atoms with E-state index in [9.17, 15) is 0 Å². The second-order valence-corrected chi connectivity index (χ2v) is 6.21. The third-order valence-corrected chi connectivity index (χ3v) is 3.80. The summed E-state index contributed by atoms with van der Waals surface area (Å²) in [6.07, 6.45) is 1.87. The molecule has 2 rings (SSSR count). The van der Waals surface area contributed by atoms with Crippen molar-refractivity contribution >= 4 is 0 Å². The van der Waals surface area contributed by atoms with Gasteiger partial charge in [0, 0.05) is 19.2 Å². The molecule has 0 radical (unpaired) electrons. The van der Waals surface area contributed by atoms with E-state index in [0.29, 0.717) is 6.79 Å². The summed E-state index contributed by atoms with van der Waals surface area (Å²) in [5.74, 6) is 1.65. The number of aliphatic hydroxyl groups is 1. The lowest BCUT2D eigenvalue weighted by Crippen LogP contribution is -2.31. The van der Waals surface area contributed by atoms with E-state index in [-0.39, 0.29) is 18.1 Å². The average molecular weight is 279 g/mol. The van der Waals surface area contributed by atoms with Gasteiger partial charge in [0.25, 0.3) is 0 Å². The molecule has 1 atom stereocenters. The fourth-order valence-electron chi connectivity index (χ4n) is 2.38. The first-order valence-corrected chi connectivity index (χ1v) is 7.26. The summed E-state index contributed by atoms with van der Waals surface area (Å²) in [6, 6.07) is 6.34. The minimum Gasteiger partial charge on any atom is -0.454 e.